The summed E-state index contributed by atoms with van der Waals surface area (Å²) in [6.45, 7) is 2.31. The van der Waals surface area contributed by atoms with Crippen molar-refractivity contribution in [2.24, 2.45) is 7.05 Å². The predicted octanol–water partition coefficient (Wildman–Crippen LogP) is 1.71. The second-order valence-electron chi connectivity index (χ2n) is 7.51. The number of carbonyl (C=O) groups excluding carboxylic acids is 2. The van der Waals surface area contributed by atoms with E-state index >= 15 is 0 Å². The number of rotatable bonds is 4. The zero-order valence-corrected chi connectivity index (χ0v) is 19.2. The number of hydrogen-bond acceptors (Lipinski definition) is 6. The molecule has 2 aromatic carbocycles. The maximum Gasteiger partial charge on any atom is 0.307 e. The van der Waals surface area contributed by atoms with Gasteiger partial charge in [-0.25, -0.2) is 8.42 Å². The van der Waals surface area contributed by atoms with E-state index < -0.39 is 10.0 Å². The van der Waals surface area contributed by atoms with Crippen molar-refractivity contribution in [3.63, 3.8) is 0 Å². The number of fused-ring (bicyclic) bond motifs is 1. The van der Waals surface area contributed by atoms with Gasteiger partial charge in [0.1, 0.15) is 0 Å². The zero-order valence-electron chi connectivity index (χ0n) is 17.6. The Hall–Kier alpha value is -3.02. The Morgan fingerprint density at radius 2 is 1.66 bits per heavy atom. The summed E-state index contributed by atoms with van der Waals surface area (Å²) in [5, 5.41) is 2.65. The third-order valence-corrected chi connectivity index (χ3v) is 8.27. The van der Waals surface area contributed by atoms with Gasteiger partial charge in [0.2, 0.25) is 15.9 Å². The number of hydrogen-bond donors (Lipinski definition) is 1. The number of anilines is 1. The molecule has 2 heterocycles. The molecule has 1 aliphatic heterocycles. The summed E-state index contributed by atoms with van der Waals surface area (Å²) in [7, 11) is -2.09. The second-order valence-corrected chi connectivity index (χ2v) is 10.4. The molecule has 0 bridgehead atoms. The van der Waals surface area contributed by atoms with E-state index in [0.29, 0.717) is 21.5 Å². The SMILES string of the molecule is CC(=O)Nc1ccc(C(=O)N2CCN(S(=O)(=O)c3ccc4c(c3)sc(=O)n4C)CC2)cc1. The minimum absolute atomic E-state index is 0.139. The summed E-state index contributed by atoms with van der Waals surface area (Å²) in [5.74, 6) is -0.381. The molecule has 0 saturated carbocycles. The third-order valence-electron chi connectivity index (χ3n) is 5.38. The van der Waals surface area contributed by atoms with Crippen molar-refractivity contribution in [1.82, 2.24) is 13.8 Å². The van der Waals surface area contributed by atoms with Crippen LogP contribution < -0.4 is 10.2 Å². The maximum atomic E-state index is 13.1. The highest BCUT2D eigenvalue weighted by Gasteiger charge is 2.30. The largest absolute Gasteiger partial charge is 0.336 e. The molecule has 0 atom stereocenters. The fraction of sp³-hybridized carbons (Fsp3) is 0.286. The Bertz CT molecular complexity index is 1350. The summed E-state index contributed by atoms with van der Waals surface area (Å²) >= 11 is 1.01. The van der Waals surface area contributed by atoms with Gasteiger partial charge in [-0.3, -0.25) is 14.4 Å². The lowest BCUT2D eigenvalue weighted by atomic mass is 10.1. The first kappa shape index (κ1) is 22.2. The second kappa shape index (κ2) is 8.49. The topological polar surface area (TPSA) is 109 Å². The Morgan fingerprint density at radius 1 is 1.00 bits per heavy atom. The highest BCUT2D eigenvalue weighted by molar-refractivity contribution is 7.89. The molecule has 0 unspecified atom stereocenters. The van der Waals surface area contributed by atoms with Gasteiger partial charge in [0.25, 0.3) is 5.91 Å². The van der Waals surface area contributed by atoms with Gasteiger partial charge in [0.15, 0.2) is 0 Å². The van der Waals surface area contributed by atoms with Crippen molar-refractivity contribution in [3.8, 4) is 0 Å². The minimum Gasteiger partial charge on any atom is -0.336 e. The molecule has 2 amide bonds. The first-order valence-electron chi connectivity index (χ1n) is 9.93. The minimum atomic E-state index is -3.74. The number of aromatic nitrogens is 1. The van der Waals surface area contributed by atoms with E-state index in [1.54, 1.807) is 42.3 Å². The van der Waals surface area contributed by atoms with Crippen molar-refractivity contribution in [2.75, 3.05) is 31.5 Å². The average molecular weight is 475 g/mol. The van der Waals surface area contributed by atoms with Crippen LogP contribution in [0.2, 0.25) is 0 Å². The number of sulfonamides is 1. The zero-order chi connectivity index (χ0) is 23.0. The summed E-state index contributed by atoms with van der Waals surface area (Å²) in [5.41, 5.74) is 1.77. The van der Waals surface area contributed by atoms with Crippen molar-refractivity contribution in [3.05, 3.63) is 57.7 Å². The third kappa shape index (κ3) is 4.18. The molecule has 1 aromatic heterocycles. The molecule has 0 spiro atoms. The number of carbonyl (C=O) groups is 2. The van der Waals surface area contributed by atoms with Crippen molar-refractivity contribution >= 4 is 49.1 Å². The van der Waals surface area contributed by atoms with Gasteiger partial charge in [-0.05, 0) is 42.5 Å². The Morgan fingerprint density at radius 3 is 2.28 bits per heavy atom. The van der Waals surface area contributed by atoms with Gasteiger partial charge in [-0.15, -0.1) is 0 Å². The van der Waals surface area contributed by atoms with Crippen LogP contribution in [-0.2, 0) is 21.9 Å². The molecule has 9 nitrogen and oxygen atoms in total. The van der Waals surface area contributed by atoms with Crippen LogP contribution in [0.5, 0.6) is 0 Å². The lowest BCUT2D eigenvalue weighted by molar-refractivity contribution is -0.114. The maximum absolute atomic E-state index is 13.1. The number of thiazole rings is 1. The molecule has 4 rings (SSSR count). The molecule has 1 N–H and O–H groups in total. The first-order chi connectivity index (χ1) is 15.2. The van der Waals surface area contributed by atoms with E-state index in [4.69, 9.17) is 0 Å². The van der Waals surface area contributed by atoms with Crippen LogP contribution in [0, 0.1) is 0 Å². The molecular weight excluding hydrogens is 452 g/mol. The van der Waals surface area contributed by atoms with Crippen LogP contribution >= 0.6 is 11.3 Å². The first-order valence-corrected chi connectivity index (χ1v) is 12.2. The lowest BCUT2D eigenvalue weighted by Gasteiger charge is -2.34. The Labute approximate surface area is 188 Å². The van der Waals surface area contributed by atoms with Gasteiger partial charge < -0.3 is 14.8 Å². The molecular formula is C21H22N4O5S2. The Kier molecular flexibility index (Phi) is 5.89. The van der Waals surface area contributed by atoms with Gasteiger partial charge >= 0.3 is 4.87 Å². The molecule has 0 radical (unpaired) electrons. The van der Waals surface area contributed by atoms with E-state index in [1.807, 2.05) is 0 Å². The van der Waals surface area contributed by atoms with E-state index in [2.05, 4.69) is 5.32 Å². The van der Waals surface area contributed by atoms with Crippen LogP contribution in [0.15, 0.2) is 52.2 Å². The standard InChI is InChI=1S/C21H22N4O5S2/c1-14(26)22-16-5-3-15(4-6-16)20(27)24-9-11-25(12-10-24)32(29,30)17-7-8-18-19(13-17)31-21(28)23(18)2/h3-8,13H,9-12H2,1-2H3,(H,22,26). The number of nitrogens with zero attached hydrogens (tertiary/aromatic N) is 3. The highest BCUT2D eigenvalue weighted by Crippen LogP contribution is 2.24. The molecule has 1 fully saturated rings. The summed E-state index contributed by atoms with van der Waals surface area (Å²) < 4.78 is 29.7. The number of aryl methyl sites for hydroxylation is 1. The number of benzene rings is 2. The Balaban J connectivity index is 1.45. The van der Waals surface area contributed by atoms with Gasteiger partial charge in [0, 0.05) is 51.4 Å². The summed E-state index contributed by atoms with van der Waals surface area (Å²) in [6, 6.07) is 11.3. The summed E-state index contributed by atoms with van der Waals surface area (Å²) in [6.07, 6.45) is 0. The molecule has 1 saturated heterocycles. The molecule has 32 heavy (non-hydrogen) atoms. The van der Waals surface area contributed by atoms with Crippen molar-refractivity contribution < 1.29 is 18.0 Å². The normalized spacial score (nSPS) is 15.1. The van der Waals surface area contributed by atoms with Crippen molar-refractivity contribution in [1.29, 1.82) is 0 Å². The van der Waals surface area contributed by atoms with Crippen LogP contribution in [0.25, 0.3) is 10.2 Å². The fourth-order valence-electron chi connectivity index (χ4n) is 3.64. The smallest absolute Gasteiger partial charge is 0.307 e. The van der Waals surface area contributed by atoms with Crippen LogP contribution in [0.4, 0.5) is 5.69 Å². The highest BCUT2D eigenvalue weighted by atomic mass is 32.2. The van der Waals surface area contributed by atoms with Crippen LogP contribution in [-0.4, -0.2) is 60.2 Å². The molecule has 11 heteroatoms. The van der Waals surface area contributed by atoms with E-state index in [-0.39, 0.29) is 47.8 Å². The van der Waals surface area contributed by atoms with Gasteiger partial charge in [-0.1, -0.05) is 11.3 Å². The van der Waals surface area contributed by atoms with Crippen LogP contribution in [0.1, 0.15) is 17.3 Å². The van der Waals surface area contributed by atoms with Crippen LogP contribution in [0.3, 0.4) is 0 Å². The van der Waals surface area contributed by atoms with E-state index in [9.17, 15) is 22.8 Å². The number of amides is 2. The summed E-state index contributed by atoms with van der Waals surface area (Å²) in [4.78, 5) is 37.4. The molecule has 168 valence electrons. The van der Waals surface area contributed by atoms with E-state index in [1.165, 1.54) is 27.9 Å². The quantitative estimate of drug-likeness (QED) is 0.619. The van der Waals surface area contributed by atoms with Gasteiger partial charge in [-0.2, -0.15) is 4.31 Å². The lowest BCUT2D eigenvalue weighted by Crippen LogP contribution is -2.50. The number of piperazine rings is 1. The predicted molar refractivity (Wildman–Crippen MR) is 122 cm³/mol. The monoisotopic (exact) mass is 474 g/mol. The fourth-order valence-corrected chi connectivity index (χ4v) is 6.08. The van der Waals surface area contributed by atoms with E-state index in [0.717, 1.165) is 11.3 Å². The molecule has 3 aromatic rings. The average Bonchev–Trinajstić information content (AvgIpc) is 3.06. The number of nitrogens with one attached hydrogen (secondary N) is 1. The molecule has 1 aliphatic rings. The van der Waals surface area contributed by atoms with Crippen molar-refractivity contribution in [2.45, 2.75) is 11.8 Å². The van der Waals surface area contributed by atoms with Gasteiger partial charge in [0.05, 0.1) is 15.1 Å². The molecule has 0 aliphatic carbocycles.